The Kier molecular flexibility index (Phi) is 5.65. The van der Waals surface area contributed by atoms with Crippen LogP contribution in [0.4, 0.5) is 5.82 Å². The third-order valence-electron chi connectivity index (χ3n) is 3.66. The van der Waals surface area contributed by atoms with Gasteiger partial charge in [-0.25, -0.2) is 17.4 Å². The molecule has 0 saturated heterocycles. The molecule has 9 heteroatoms. The molecule has 0 atom stereocenters. The maximum absolute atomic E-state index is 12.7. The van der Waals surface area contributed by atoms with Crippen molar-refractivity contribution >= 4 is 37.7 Å². The first kappa shape index (κ1) is 20.6. The van der Waals surface area contributed by atoms with Crippen molar-refractivity contribution in [3.63, 3.8) is 0 Å². The van der Waals surface area contributed by atoms with Gasteiger partial charge in [-0.3, -0.25) is 4.79 Å². The fraction of sp³-hybridized carbons (Fsp3) is 0.412. The van der Waals surface area contributed by atoms with E-state index in [0.29, 0.717) is 10.3 Å². The van der Waals surface area contributed by atoms with E-state index in [1.165, 1.54) is 20.2 Å². The molecular formula is C17H23BrN4O3S. The van der Waals surface area contributed by atoms with E-state index in [1.54, 1.807) is 22.9 Å². The Bertz CT molecular complexity index is 943. The van der Waals surface area contributed by atoms with E-state index in [1.807, 2.05) is 27.7 Å². The molecule has 0 aliphatic rings. The van der Waals surface area contributed by atoms with Crippen LogP contribution in [-0.4, -0.2) is 42.5 Å². The average molecular weight is 443 g/mol. The van der Waals surface area contributed by atoms with E-state index in [9.17, 15) is 13.2 Å². The van der Waals surface area contributed by atoms with Crippen molar-refractivity contribution in [1.29, 1.82) is 0 Å². The normalized spacial score (nSPS) is 12.5. The number of sulfonamides is 1. The maximum atomic E-state index is 12.7. The lowest BCUT2D eigenvalue weighted by Crippen LogP contribution is -2.27. The predicted octanol–water partition coefficient (Wildman–Crippen LogP) is 3.21. The standard InChI is InChI=1S/C17H23BrN4O3S/c1-11-9-15(22(20-11)17(2,3)4)19-16(23)12-7-8-13(18)14(10-12)26(24,25)21(5)6/h7-10H,1-6H3,(H,19,23). The molecule has 26 heavy (non-hydrogen) atoms. The molecule has 0 saturated carbocycles. The van der Waals surface area contributed by atoms with Gasteiger partial charge in [-0.15, -0.1) is 0 Å². The van der Waals surface area contributed by atoms with Gasteiger partial charge in [0.25, 0.3) is 5.91 Å². The molecule has 2 aromatic rings. The summed E-state index contributed by atoms with van der Waals surface area (Å²) >= 11 is 3.24. The Labute approximate surface area is 162 Å². The highest BCUT2D eigenvalue weighted by molar-refractivity contribution is 9.10. The molecule has 1 aromatic heterocycles. The molecule has 1 heterocycles. The predicted molar refractivity (Wildman–Crippen MR) is 105 cm³/mol. The van der Waals surface area contributed by atoms with Crippen molar-refractivity contribution in [3.05, 3.63) is 40.0 Å². The van der Waals surface area contributed by atoms with Crippen molar-refractivity contribution in [3.8, 4) is 0 Å². The Morgan fingerprint density at radius 3 is 2.38 bits per heavy atom. The van der Waals surface area contributed by atoms with Crippen LogP contribution < -0.4 is 5.32 Å². The third-order valence-corrected chi connectivity index (χ3v) is 6.47. The zero-order valence-corrected chi connectivity index (χ0v) is 18.1. The highest BCUT2D eigenvalue weighted by atomic mass is 79.9. The van der Waals surface area contributed by atoms with Crippen LogP contribution in [-0.2, 0) is 15.6 Å². The largest absolute Gasteiger partial charge is 0.307 e. The van der Waals surface area contributed by atoms with E-state index >= 15 is 0 Å². The van der Waals surface area contributed by atoms with Crippen LogP contribution in [0.25, 0.3) is 0 Å². The summed E-state index contributed by atoms with van der Waals surface area (Å²) < 4.78 is 28.1. The SMILES string of the molecule is Cc1cc(NC(=O)c2ccc(Br)c(S(=O)(=O)N(C)C)c2)n(C(C)(C)C)n1. The Morgan fingerprint density at radius 2 is 1.85 bits per heavy atom. The Morgan fingerprint density at radius 1 is 1.23 bits per heavy atom. The van der Waals surface area contributed by atoms with Crippen LogP contribution in [0.15, 0.2) is 33.6 Å². The van der Waals surface area contributed by atoms with Crippen molar-refractivity contribution in [2.75, 3.05) is 19.4 Å². The Hall–Kier alpha value is -1.71. The lowest BCUT2D eigenvalue weighted by atomic mass is 10.1. The Balaban J connectivity index is 2.41. The molecule has 1 amide bonds. The highest BCUT2D eigenvalue weighted by Gasteiger charge is 2.24. The molecule has 0 bridgehead atoms. The van der Waals surface area contributed by atoms with Gasteiger partial charge in [0.1, 0.15) is 5.82 Å². The molecule has 142 valence electrons. The maximum Gasteiger partial charge on any atom is 0.256 e. The summed E-state index contributed by atoms with van der Waals surface area (Å²) in [4.78, 5) is 12.7. The lowest BCUT2D eigenvalue weighted by Gasteiger charge is -2.22. The van der Waals surface area contributed by atoms with E-state index in [-0.39, 0.29) is 16.0 Å². The molecule has 0 fully saturated rings. The van der Waals surface area contributed by atoms with Gasteiger partial charge in [-0.05, 0) is 61.8 Å². The topological polar surface area (TPSA) is 84.3 Å². The van der Waals surface area contributed by atoms with Crippen LogP contribution >= 0.6 is 15.9 Å². The van der Waals surface area contributed by atoms with Gasteiger partial charge in [-0.2, -0.15) is 5.10 Å². The smallest absolute Gasteiger partial charge is 0.256 e. The van der Waals surface area contributed by atoms with Gasteiger partial charge in [0.05, 0.1) is 16.1 Å². The summed E-state index contributed by atoms with van der Waals surface area (Å²) in [5.74, 6) is 0.151. The minimum absolute atomic E-state index is 0.0376. The van der Waals surface area contributed by atoms with Crippen LogP contribution in [0.3, 0.4) is 0 Å². The summed E-state index contributed by atoms with van der Waals surface area (Å²) in [5, 5.41) is 7.23. The first-order valence-corrected chi connectivity index (χ1v) is 10.2. The number of anilines is 1. The molecule has 0 spiro atoms. The summed E-state index contributed by atoms with van der Waals surface area (Å²) in [5.41, 5.74) is 0.713. The van der Waals surface area contributed by atoms with Crippen molar-refractivity contribution in [2.24, 2.45) is 0 Å². The van der Waals surface area contributed by atoms with E-state index in [0.717, 1.165) is 10.00 Å². The van der Waals surface area contributed by atoms with Gasteiger partial charge in [0.2, 0.25) is 10.0 Å². The number of hydrogen-bond donors (Lipinski definition) is 1. The second-order valence-corrected chi connectivity index (χ2v) is 10.1. The summed E-state index contributed by atoms with van der Waals surface area (Å²) in [6, 6.07) is 6.26. The number of hydrogen-bond acceptors (Lipinski definition) is 4. The monoisotopic (exact) mass is 442 g/mol. The van der Waals surface area contributed by atoms with Crippen molar-refractivity contribution in [2.45, 2.75) is 38.1 Å². The number of rotatable bonds is 4. The fourth-order valence-corrected chi connectivity index (χ4v) is 4.17. The minimum atomic E-state index is -3.67. The zero-order valence-electron chi connectivity index (χ0n) is 15.7. The molecule has 2 rings (SSSR count). The van der Waals surface area contributed by atoms with Gasteiger partial charge in [0.15, 0.2) is 0 Å². The van der Waals surface area contributed by atoms with Gasteiger partial charge < -0.3 is 5.32 Å². The van der Waals surface area contributed by atoms with Crippen molar-refractivity contribution < 1.29 is 13.2 Å². The number of aryl methyl sites for hydroxylation is 1. The lowest BCUT2D eigenvalue weighted by molar-refractivity contribution is 0.102. The second kappa shape index (κ2) is 7.13. The molecule has 7 nitrogen and oxygen atoms in total. The van der Waals surface area contributed by atoms with Gasteiger partial charge in [-0.1, -0.05) is 0 Å². The van der Waals surface area contributed by atoms with Crippen LogP contribution in [0, 0.1) is 6.92 Å². The third kappa shape index (κ3) is 4.16. The molecule has 1 N–H and O–H groups in total. The molecule has 0 aliphatic heterocycles. The number of benzene rings is 1. The number of halogens is 1. The number of nitrogens with one attached hydrogen (secondary N) is 1. The van der Waals surface area contributed by atoms with Crippen molar-refractivity contribution in [1.82, 2.24) is 14.1 Å². The van der Waals surface area contributed by atoms with E-state index < -0.39 is 15.9 Å². The quantitative estimate of drug-likeness (QED) is 0.787. The first-order chi connectivity index (χ1) is 11.8. The molecular weight excluding hydrogens is 420 g/mol. The van der Waals surface area contributed by atoms with Gasteiger partial charge in [0, 0.05) is 30.2 Å². The number of aromatic nitrogens is 2. The summed E-state index contributed by atoms with van der Waals surface area (Å²) in [6.07, 6.45) is 0. The first-order valence-electron chi connectivity index (χ1n) is 7.94. The summed E-state index contributed by atoms with van der Waals surface area (Å²) in [7, 11) is -0.788. The van der Waals surface area contributed by atoms with Crippen LogP contribution in [0.1, 0.15) is 36.8 Å². The average Bonchev–Trinajstić information content (AvgIpc) is 2.88. The number of carbonyl (C=O) groups excluding carboxylic acids is 1. The molecule has 0 unspecified atom stereocenters. The highest BCUT2D eigenvalue weighted by Crippen LogP contribution is 2.26. The molecule has 1 aromatic carbocycles. The minimum Gasteiger partial charge on any atom is -0.307 e. The summed E-state index contributed by atoms with van der Waals surface area (Å²) in [6.45, 7) is 7.79. The van der Waals surface area contributed by atoms with E-state index in [4.69, 9.17) is 0 Å². The number of carbonyl (C=O) groups is 1. The molecule has 0 radical (unpaired) electrons. The second-order valence-electron chi connectivity index (χ2n) is 7.14. The van der Waals surface area contributed by atoms with E-state index in [2.05, 4.69) is 26.3 Å². The fourth-order valence-electron chi connectivity index (χ4n) is 2.33. The zero-order chi connectivity index (χ0) is 19.9. The van der Waals surface area contributed by atoms with Crippen LogP contribution in [0.5, 0.6) is 0 Å². The van der Waals surface area contributed by atoms with Crippen LogP contribution in [0.2, 0.25) is 0 Å². The number of nitrogens with zero attached hydrogens (tertiary/aromatic N) is 3. The van der Waals surface area contributed by atoms with Gasteiger partial charge >= 0.3 is 0 Å². The number of amides is 1. The molecule has 0 aliphatic carbocycles.